The Morgan fingerprint density at radius 3 is 2.50 bits per heavy atom. The zero-order valence-corrected chi connectivity index (χ0v) is 10.5. The first-order valence-electron chi connectivity index (χ1n) is 7.25. The number of hydrogen-bond acceptors (Lipinski definition) is 4. The second-order valence-electron chi connectivity index (χ2n) is 6.31. The Kier molecular flexibility index (Phi) is 2.62. The van der Waals surface area contributed by atoms with Gasteiger partial charge < -0.3 is 14.2 Å². The Morgan fingerprint density at radius 2 is 1.78 bits per heavy atom. The molecule has 5 rings (SSSR count). The van der Waals surface area contributed by atoms with E-state index in [4.69, 9.17) is 14.2 Å². The lowest BCUT2D eigenvalue weighted by molar-refractivity contribution is -0.183. The average Bonchev–Trinajstić information content (AvgIpc) is 3.13. The maximum absolute atomic E-state index is 12.0. The molecule has 0 aromatic rings. The van der Waals surface area contributed by atoms with Gasteiger partial charge >= 0.3 is 5.97 Å². The van der Waals surface area contributed by atoms with Crippen molar-refractivity contribution in [1.29, 1.82) is 0 Å². The van der Waals surface area contributed by atoms with Crippen molar-refractivity contribution in [3.05, 3.63) is 0 Å². The van der Waals surface area contributed by atoms with Gasteiger partial charge in [-0.25, -0.2) is 0 Å². The van der Waals surface area contributed by atoms with Crippen LogP contribution in [-0.2, 0) is 19.0 Å². The lowest BCUT2D eigenvalue weighted by Crippen LogP contribution is -2.46. The van der Waals surface area contributed by atoms with Crippen LogP contribution in [0.15, 0.2) is 0 Å². The van der Waals surface area contributed by atoms with Crippen molar-refractivity contribution in [2.45, 2.75) is 62.9 Å². The quantitative estimate of drug-likeness (QED) is 0.566. The first-order valence-corrected chi connectivity index (χ1v) is 7.25. The Labute approximate surface area is 107 Å². The monoisotopic (exact) mass is 252 g/mol. The minimum atomic E-state index is 0.00381. The number of hydrogen-bond donors (Lipinski definition) is 0. The summed E-state index contributed by atoms with van der Waals surface area (Å²) in [5.74, 6) is 0.618. The highest BCUT2D eigenvalue weighted by molar-refractivity contribution is 5.72. The molecule has 2 bridgehead atoms. The van der Waals surface area contributed by atoms with Gasteiger partial charge in [0.2, 0.25) is 0 Å². The number of esters is 1. The number of rotatable bonds is 3. The molecule has 5 fully saturated rings. The molecule has 4 nitrogen and oxygen atoms in total. The summed E-state index contributed by atoms with van der Waals surface area (Å²) in [6.07, 6.45) is 7.92. The lowest BCUT2D eigenvalue weighted by Gasteiger charge is -2.45. The minimum Gasteiger partial charge on any atom is -0.465 e. The van der Waals surface area contributed by atoms with E-state index in [0.717, 1.165) is 32.1 Å². The maximum atomic E-state index is 12.0. The smallest absolute Gasteiger partial charge is 0.309 e. The minimum absolute atomic E-state index is 0.00381. The van der Waals surface area contributed by atoms with E-state index in [2.05, 4.69) is 0 Å². The predicted molar refractivity (Wildman–Crippen MR) is 63.0 cm³/mol. The van der Waals surface area contributed by atoms with Crippen LogP contribution < -0.4 is 0 Å². The van der Waals surface area contributed by atoms with Crippen LogP contribution in [0.3, 0.4) is 0 Å². The fourth-order valence-electron chi connectivity index (χ4n) is 3.77. The standard InChI is InChI=1S/C14H20O4/c15-14(9-1-2-12-13(5-9)18-12)16-7-8-3-10-6-11(4-8)17-10/h8-13H,1-7H2. The highest BCUT2D eigenvalue weighted by Crippen LogP contribution is 2.41. The molecule has 0 N–H and O–H groups in total. The van der Waals surface area contributed by atoms with E-state index in [1.165, 1.54) is 6.42 Å². The van der Waals surface area contributed by atoms with Gasteiger partial charge in [0.15, 0.2) is 0 Å². The zero-order valence-electron chi connectivity index (χ0n) is 10.5. The van der Waals surface area contributed by atoms with Crippen molar-refractivity contribution in [1.82, 2.24) is 0 Å². The summed E-state index contributed by atoms with van der Waals surface area (Å²) in [4.78, 5) is 12.0. The van der Waals surface area contributed by atoms with Crippen molar-refractivity contribution in [3.63, 3.8) is 0 Å². The molecule has 4 heteroatoms. The van der Waals surface area contributed by atoms with Gasteiger partial charge in [0, 0.05) is 0 Å². The second kappa shape index (κ2) is 4.20. The van der Waals surface area contributed by atoms with E-state index >= 15 is 0 Å². The number of carbonyl (C=O) groups is 1. The zero-order chi connectivity index (χ0) is 12.1. The summed E-state index contributed by atoms with van der Waals surface area (Å²) in [6.45, 7) is 0.598. The van der Waals surface area contributed by atoms with Gasteiger partial charge in [-0.05, 0) is 44.4 Å². The van der Waals surface area contributed by atoms with Gasteiger partial charge in [-0.3, -0.25) is 4.79 Å². The maximum Gasteiger partial charge on any atom is 0.309 e. The van der Waals surface area contributed by atoms with Gasteiger partial charge in [-0.15, -0.1) is 0 Å². The number of epoxide rings is 1. The van der Waals surface area contributed by atoms with E-state index in [1.54, 1.807) is 0 Å². The highest BCUT2D eigenvalue weighted by atomic mass is 16.6. The van der Waals surface area contributed by atoms with E-state index in [0.29, 0.717) is 36.9 Å². The molecule has 18 heavy (non-hydrogen) atoms. The summed E-state index contributed by atoms with van der Waals surface area (Å²) < 4.78 is 16.5. The summed E-state index contributed by atoms with van der Waals surface area (Å²) in [5, 5.41) is 0. The Bertz CT molecular complexity index is 340. The Balaban J connectivity index is 1.23. The van der Waals surface area contributed by atoms with Crippen molar-refractivity contribution in [3.8, 4) is 0 Å². The number of carbonyl (C=O) groups excluding carboxylic acids is 1. The molecular weight excluding hydrogens is 232 g/mol. The van der Waals surface area contributed by atoms with Gasteiger partial charge in [-0.2, -0.15) is 0 Å². The molecule has 3 aliphatic heterocycles. The SMILES string of the molecule is O=C(OCC1CC2CC(C1)O2)C1CCC2OC2C1. The van der Waals surface area contributed by atoms with Gasteiger partial charge in [0.1, 0.15) is 0 Å². The van der Waals surface area contributed by atoms with Crippen molar-refractivity contribution < 1.29 is 19.0 Å². The molecule has 2 aliphatic carbocycles. The van der Waals surface area contributed by atoms with Crippen LogP contribution in [-0.4, -0.2) is 37.0 Å². The van der Waals surface area contributed by atoms with E-state index in [1.807, 2.05) is 0 Å². The first-order chi connectivity index (χ1) is 8.78. The number of ether oxygens (including phenoxy) is 3. The van der Waals surface area contributed by atoms with Crippen LogP contribution in [0, 0.1) is 11.8 Å². The van der Waals surface area contributed by atoms with Crippen LogP contribution in [0.1, 0.15) is 38.5 Å². The molecule has 100 valence electrons. The Hall–Kier alpha value is -0.610. The van der Waals surface area contributed by atoms with Crippen molar-refractivity contribution >= 4 is 5.97 Å². The van der Waals surface area contributed by atoms with Crippen LogP contribution >= 0.6 is 0 Å². The molecule has 0 amide bonds. The largest absolute Gasteiger partial charge is 0.465 e. The van der Waals surface area contributed by atoms with Crippen LogP contribution in [0.4, 0.5) is 0 Å². The third kappa shape index (κ3) is 2.05. The van der Waals surface area contributed by atoms with E-state index < -0.39 is 0 Å². The molecule has 3 saturated heterocycles. The number of fused-ring (bicyclic) bond motifs is 3. The normalized spacial score (nSPS) is 48.9. The van der Waals surface area contributed by atoms with Crippen LogP contribution in [0.5, 0.6) is 0 Å². The van der Waals surface area contributed by atoms with Crippen LogP contribution in [0.25, 0.3) is 0 Å². The second-order valence-corrected chi connectivity index (χ2v) is 6.31. The molecule has 5 unspecified atom stereocenters. The highest BCUT2D eigenvalue weighted by Gasteiger charge is 2.46. The Morgan fingerprint density at radius 1 is 1.00 bits per heavy atom. The molecule has 0 aromatic carbocycles. The molecule has 0 spiro atoms. The molecule has 5 atom stereocenters. The molecule has 2 saturated carbocycles. The summed E-state index contributed by atoms with van der Waals surface area (Å²) in [5.41, 5.74) is 0. The summed E-state index contributed by atoms with van der Waals surface area (Å²) in [7, 11) is 0. The van der Waals surface area contributed by atoms with Gasteiger partial charge in [0.05, 0.1) is 36.9 Å². The molecule has 5 aliphatic rings. The molecule has 0 radical (unpaired) electrons. The van der Waals surface area contributed by atoms with Crippen LogP contribution in [0.2, 0.25) is 0 Å². The van der Waals surface area contributed by atoms with Gasteiger partial charge in [0.25, 0.3) is 0 Å². The topological polar surface area (TPSA) is 48.1 Å². The third-order valence-corrected chi connectivity index (χ3v) is 4.90. The summed E-state index contributed by atoms with van der Waals surface area (Å²) >= 11 is 0. The summed E-state index contributed by atoms with van der Waals surface area (Å²) in [6, 6.07) is 0. The third-order valence-electron chi connectivity index (χ3n) is 4.90. The van der Waals surface area contributed by atoms with E-state index in [9.17, 15) is 4.79 Å². The fourth-order valence-corrected chi connectivity index (χ4v) is 3.77. The predicted octanol–water partition coefficient (Wildman–Crippen LogP) is 1.66. The molecule has 0 aromatic heterocycles. The van der Waals surface area contributed by atoms with E-state index in [-0.39, 0.29) is 11.9 Å². The van der Waals surface area contributed by atoms with Gasteiger partial charge in [-0.1, -0.05) is 0 Å². The van der Waals surface area contributed by atoms with Crippen molar-refractivity contribution in [2.75, 3.05) is 6.61 Å². The first kappa shape index (κ1) is 11.2. The fraction of sp³-hybridized carbons (Fsp3) is 0.929. The molecular formula is C14H20O4. The average molecular weight is 252 g/mol. The molecule has 3 heterocycles. The lowest BCUT2D eigenvalue weighted by atomic mass is 9.81. The van der Waals surface area contributed by atoms with Crippen molar-refractivity contribution in [2.24, 2.45) is 11.8 Å².